The zero-order valence-electron chi connectivity index (χ0n) is 13.9. The summed E-state index contributed by atoms with van der Waals surface area (Å²) >= 11 is 5.95. The van der Waals surface area contributed by atoms with E-state index >= 15 is 0 Å². The first-order valence-electron chi connectivity index (χ1n) is 8.59. The molecule has 1 aromatic rings. The van der Waals surface area contributed by atoms with E-state index in [9.17, 15) is 5.11 Å². The van der Waals surface area contributed by atoms with E-state index in [1.54, 1.807) is 0 Å². The van der Waals surface area contributed by atoms with Crippen molar-refractivity contribution in [2.75, 3.05) is 45.9 Å². The topological polar surface area (TPSA) is 35.9 Å². The van der Waals surface area contributed by atoms with Crippen LogP contribution in [0, 0.1) is 0 Å². The molecule has 0 unspecified atom stereocenters. The lowest BCUT2D eigenvalue weighted by molar-refractivity contribution is -0.0360. The molecule has 2 saturated heterocycles. The number of halogens is 1. The summed E-state index contributed by atoms with van der Waals surface area (Å²) in [5.74, 6) is 0. The molecule has 0 saturated carbocycles. The summed E-state index contributed by atoms with van der Waals surface area (Å²) < 4.78 is 5.43. The number of likely N-dealkylation sites (tertiary alicyclic amines) is 1. The van der Waals surface area contributed by atoms with Crippen LogP contribution in [-0.4, -0.2) is 66.9 Å². The van der Waals surface area contributed by atoms with Gasteiger partial charge in [-0.15, -0.1) is 0 Å². The Morgan fingerprint density at radius 3 is 2.35 bits per heavy atom. The number of hydrogen-bond acceptors (Lipinski definition) is 4. The van der Waals surface area contributed by atoms with Crippen LogP contribution in [0.3, 0.4) is 0 Å². The molecule has 1 aromatic carbocycles. The predicted octanol–water partition coefficient (Wildman–Crippen LogP) is 2.34. The summed E-state index contributed by atoms with van der Waals surface area (Å²) in [5.41, 5.74) is 0.284. The molecule has 0 bridgehead atoms. The fourth-order valence-electron chi connectivity index (χ4n) is 3.66. The fraction of sp³-hybridized carbons (Fsp3) is 0.667. The van der Waals surface area contributed by atoms with Crippen molar-refractivity contribution in [1.29, 1.82) is 0 Å². The molecule has 2 aliphatic rings. The Hall–Kier alpha value is -0.650. The number of aliphatic hydroxyl groups is 1. The number of piperidine rings is 1. The van der Waals surface area contributed by atoms with E-state index < -0.39 is 5.60 Å². The van der Waals surface area contributed by atoms with Gasteiger partial charge in [0, 0.05) is 43.8 Å². The minimum absolute atomic E-state index is 0.542. The van der Waals surface area contributed by atoms with E-state index in [4.69, 9.17) is 16.3 Å². The van der Waals surface area contributed by atoms with Crippen LogP contribution in [0.5, 0.6) is 0 Å². The molecule has 0 aliphatic carbocycles. The number of rotatable bonds is 4. The highest BCUT2D eigenvalue weighted by Gasteiger charge is 2.34. The quantitative estimate of drug-likeness (QED) is 0.914. The standard InChI is InChI=1S/C18H27ClN2O2/c1-15(21-10-12-23-13-11-21)14-20-8-6-18(22,7-9-20)16-2-4-17(19)5-3-16/h2-5,15,22H,6-14H2,1H3/t15-/m0/s1. The maximum atomic E-state index is 10.9. The van der Waals surface area contributed by atoms with Crippen LogP contribution in [0.2, 0.25) is 5.02 Å². The summed E-state index contributed by atoms with van der Waals surface area (Å²) in [6.07, 6.45) is 1.56. The summed E-state index contributed by atoms with van der Waals surface area (Å²) in [6.45, 7) is 9.00. The lowest BCUT2D eigenvalue weighted by atomic mass is 9.84. The van der Waals surface area contributed by atoms with Gasteiger partial charge in [0.05, 0.1) is 18.8 Å². The summed E-state index contributed by atoms with van der Waals surface area (Å²) in [5, 5.41) is 11.7. The van der Waals surface area contributed by atoms with Crippen LogP contribution in [0.25, 0.3) is 0 Å². The molecule has 128 valence electrons. The van der Waals surface area contributed by atoms with Crippen LogP contribution >= 0.6 is 11.6 Å². The number of benzene rings is 1. The average Bonchev–Trinajstić information content (AvgIpc) is 2.58. The predicted molar refractivity (Wildman–Crippen MR) is 92.9 cm³/mol. The molecule has 3 rings (SSSR count). The zero-order valence-corrected chi connectivity index (χ0v) is 14.6. The van der Waals surface area contributed by atoms with Crippen LogP contribution in [0.15, 0.2) is 24.3 Å². The lowest BCUT2D eigenvalue weighted by Gasteiger charge is -2.41. The van der Waals surface area contributed by atoms with Gasteiger partial charge in [-0.05, 0) is 37.5 Å². The van der Waals surface area contributed by atoms with Gasteiger partial charge in [-0.1, -0.05) is 23.7 Å². The number of morpholine rings is 1. The van der Waals surface area contributed by atoms with E-state index in [0.29, 0.717) is 11.1 Å². The molecule has 0 aromatic heterocycles. The third kappa shape index (κ3) is 4.25. The second-order valence-corrected chi connectivity index (χ2v) is 7.27. The van der Waals surface area contributed by atoms with Gasteiger partial charge in [0.1, 0.15) is 0 Å². The zero-order chi connectivity index (χ0) is 16.3. The molecular weight excluding hydrogens is 312 g/mol. The molecule has 0 spiro atoms. The normalized spacial score (nSPS) is 24.5. The van der Waals surface area contributed by atoms with Crippen molar-refractivity contribution in [2.24, 2.45) is 0 Å². The highest BCUT2D eigenvalue weighted by molar-refractivity contribution is 6.30. The summed E-state index contributed by atoms with van der Waals surface area (Å²) in [6, 6.07) is 8.17. The Morgan fingerprint density at radius 2 is 1.74 bits per heavy atom. The Morgan fingerprint density at radius 1 is 1.13 bits per heavy atom. The maximum Gasteiger partial charge on any atom is 0.0920 e. The van der Waals surface area contributed by atoms with Gasteiger partial charge < -0.3 is 14.7 Å². The van der Waals surface area contributed by atoms with Gasteiger partial charge in [0.2, 0.25) is 0 Å². The van der Waals surface area contributed by atoms with Crippen LogP contribution in [-0.2, 0) is 10.3 Å². The van der Waals surface area contributed by atoms with E-state index in [1.165, 1.54) is 0 Å². The SMILES string of the molecule is C[C@@H](CN1CCC(O)(c2ccc(Cl)cc2)CC1)N1CCOCC1. The van der Waals surface area contributed by atoms with Crippen molar-refractivity contribution < 1.29 is 9.84 Å². The second-order valence-electron chi connectivity index (χ2n) is 6.84. The highest BCUT2D eigenvalue weighted by Crippen LogP contribution is 2.33. The Bertz CT molecular complexity index is 494. The molecule has 23 heavy (non-hydrogen) atoms. The van der Waals surface area contributed by atoms with Crippen molar-refractivity contribution >= 4 is 11.6 Å². The maximum absolute atomic E-state index is 10.9. The minimum atomic E-state index is -0.705. The van der Waals surface area contributed by atoms with Crippen molar-refractivity contribution in [1.82, 2.24) is 9.80 Å². The molecule has 2 fully saturated rings. The van der Waals surface area contributed by atoms with Crippen molar-refractivity contribution in [2.45, 2.75) is 31.4 Å². The van der Waals surface area contributed by atoms with Gasteiger partial charge in [0.15, 0.2) is 0 Å². The molecule has 2 aliphatic heterocycles. The molecule has 0 radical (unpaired) electrons. The first-order valence-corrected chi connectivity index (χ1v) is 8.97. The molecule has 4 nitrogen and oxygen atoms in total. The monoisotopic (exact) mass is 338 g/mol. The Labute approximate surface area is 144 Å². The van der Waals surface area contributed by atoms with Gasteiger partial charge in [-0.25, -0.2) is 0 Å². The molecule has 0 amide bonds. The minimum Gasteiger partial charge on any atom is -0.385 e. The van der Waals surface area contributed by atoms with Crippen molar-refractivity contribution in [3.8, 4) is 0 Å². The second kappa shape index (κ2) is 7.49. The van der Waals surface area contributed by atoms with E-state index in [0.717, 1.165) is 64.3 Å². The largest absolute Gasteiger partial charge is 0.385 e. The van der Waals surface area contributed by atoms with Crippen LogP contribution in [0.1, 0.15) is 25.3 Å². The van der Waals surface area contributed by atoms with E-state index in [2.05, 4.69) is 16.7 Å². The van der Waals surface area contributed by atoms with Crippen molar-refractivity contribution in [3.05, 3.63) is 34.9 Å². The highest BCUT2D eigenvalue weighted by atomic mass is 35.5. The van der Waals surface area contributed by atoms with Crippen LogP contribution in [0.4, 0.5) is 0 Å². The first kappa shape index (κ1) is 17.2. The number of hydrogen-bond donors (Lipinski definition) is 1. The number of nitrogens with zero attached hydrogens (tertiary/aromatic N) is 2. The molecule has 1 atom stereocenters. The third-order valence-corrected chi connectivity index (χ3v) is 5.51. The summed E-state index contributed by atoms with van der Waals surface area (Å²) in [4.78, 5) is 4.98. The number of ether oxygens (including phenoxy) is 1. The van der Waals surface area contributed by atoms with Gasteiger partial charge >= 0.3 is 0 Å². The van der Waals surface area contributed by atoms with Crippen LogP contribution < -0.4 is 0 Å². The lowest BCUT2D eigenvalue weighted by Crippen LogP contribution is -2.50. The van der Waals surface area contributed by atoms with E-state index in [-0.39, 0.29) is 0 Å². The summed E-state index contributed by atoms with van der Waals surface area (Å²) in [7, 11) is 0. The van der Waals surface area contributed by atoms with Crippen molar-refractivity contribution in [3.63, 3.8) is 0 Å². The Balaban J connectivity index is 1.52. The van der Waals surface area contributed by atoms with Gasteiger partial charge in [-0.3, -0.25) is 4.90 Å². The fourth-order valence-corrected chi connectivity index (χ4v) is 3.79. The first-order chi connectivity index (χ1) is 11.1. The van der Waals surface area contributed by atoms with E-state index in [1.807, 2.05) is 24.3 Å². The smallest absolute Gasteiger partial charge is 0.0920 e. The Kier molecular flexibility index (Phi) is 5.60. The molecule has 5 heteroatoms. The third-order valence-electron chi connectivity index (χ3n) is 5.26. The van der Waals surface area contributed by atoms with Gasteiger partial charge in [-0.2, -0.15) is 0 Å². The van der Waals surface area contributed by atoms with Gasteiger partial charge in [0.25, 0.3) is 0 Å². The molecule has 1 N–H and O–H groups in total. The average molecular weight is 339 g/mol. The molecule has 2 heterocycles. The molecular formula is C18H27ClN2O2.